The van der Waals surface area contributed by atoms with Crippen molar-refractivity contribution in [1.82, 2.24) is 5.32 Å². The summed E-state index contributed by atoms with van der Waals surface area (Å²) in [6.07, 6.45) is 2.07. The zero-order valence-electron chi connectivity index (χ0n) is 14.2. The van der Waals surface area contributed by atoms with Crippen molar-refractivity contribution in [2.75, 3.05) is 25.5 Å². The van der Waals surface area contributed by atoms with Gasteiger partial charge in [0.2, 0.25) is 9.84 Å². The van der Waals surface area contributed by atoms with Crippen LogP contribution < -0.4 is 15.4 Å². The Morgan fingerprint density at radius 3 is 2.68 bits per heavy atom. The molecular weight excluding hydrogens is 336 g/mol. The second-order valence-electron chi connectivity index (χ2n) is 6.62. The molecule has 2 N–H and O–H groups in total. The first kappa shape index (κ1) is 16.4. The van der Waals surface area contributed by atoms with Crippen molar-refractivity contribution >= 4 is 15.5 Å². The number of nitrogens with one attached hydrogen (secondary N) is 2. The van der Waals surface area contributed by atoms with Crippen LogP contribution in [0.25, 0.3) is 0 Å². The van der Waals surface area contributed by atoms with Crippen molar-refractivity contribution in [1.29, 1.82) is 0 Å². The summed E-state index contributed by atoms with van der Waals surface area (Å²) in [6, 6.07) is 12.5. The van der Waals surface area contributed by atoms with Crippen molar-refractivity contribution < 1.29 is 13.2 Å². The zero-order valence-corrected chi connectivity index (χ0v) is 15.0. The average molecular weight is 358 g/mol. The lowest BCUT2D eigenvalue weighted by atomic mass is 9.91. The highest BCUT2D eigenvalue weighted by molar-refractivity contribution is 7.91. The van der Waals surface area contributed by atoms with Crippen molar-refractivity contribution in [3.8, 4) is 5.75 Å². The van der Waals surface area contributed by atoms with E-state index >= 15 is 0 Å². The van der Waals surface area contributed by atoms with Gasteiger partial charge in [-0.1, -0.05) is 6.07 Å². The molecule has 2 heterocycles. The molecule has 0 amide bonds. The smallest absolute Gasteiger partial charge is 0.206 e. The Kier molecular flexibility index (Phi) is 4.17. The first-order valence-electron chi connectivity index (χ1n) is 8.60. The van der Waals surface area contributed by atoms with E-state index in [9.17, 15) is 8.42 Å². The van der Waals surface area contributed by atoms with E-state index < -0.39 is 9.84 Å². The number of fused-ring (bicyclic) bond motifs is 3. The SMILES string of the molecule is COc1cccc(S(=O)(=O)c2ccc3c(c2)[C@@H]2CCNCC[C@@H]2N3)c1. The van der Waals surface area contributed by atoms with Gasteiger partial charge in [-0.25, -0.2) is 8.42 Å². The lowest BCUT2D eigenvalue weighted by Gasteiger charge is -2.16. The molecule has 4 rings (SSSR count). The van der Waals surface area contributed by atoms with Crippen LogP contribution in [0.2, 0.25) is 0 Å². The van der Waals surface area contributed by atoms with E-state index in [1.807, 2.05) is 12.1 Å². The normalized spacial score (nSPS) is 22.4. The van der Waals surface area contributed by atoms with Crippen LogP contribution in [0.3, 0.4) is 0 Å². The number of ether oxygens (including phenoxy) is 1. The fourth-order valence-corrected chi connectivity index (χ4v) is 5.17. The van der Waals surface area contributed by atoms with Crippen LogP contribution in [0.1, 0.15) is 24.3 Å². The van der Waals surface area contributed by atoms with E-state index in [1.54, 1.807) is 30.3 Å². The number of rotatable bonds is 3. The molecule has 0 radical (unpaired) electrons. The molecule has 0 bridgehead atoms. The van der Waals surface area contributed by atoms with Crippen LogP contribution in [-0.2, 0) is 9.84 Å². The Morgan fingerprint density at radius 1 is 1.04 bits per heavy atom. The van der Waals surface area contributed by atoms with Gasteiger partial charge < -0.3 is 15.4 Å². The fourth-order valence-electron chi connectivity index (χ4n) is 3.84. The maximum Gasteiger partial charge on any atom is 0.206 e. The van der Waals surface area contributed by atoms with Crippen LogP contribution in [-0.4, -0.2) is 34.7 Å². The Morgan fingerprint density at radius 2 is 1.84 bits per heavy atom. The van der Waals surface area contributed by atoms with Gasteiger partial charge in [-0.15, -0.1) is 0 Å². The number of hydrogen-bond donors (Lipinski definition) is 2. The van der Waals surface area contributed by atoms with Gasteiger partial charge in [0.25, 0.3) is 0 Å². The maximum absolute atomic E-state index is 13.0. The van der Waals surface area contributed by atoms with Crippen molar-refractivity contribution in [2.24, 2.45) is 0 Å². The molecule has 0 aliphatic carbocycles. The minimum Gasteiger partial charge on any atom is -0.497 e. The summed E-state index contributed by atoms with van der Waals surface area (Å²) in [7, 11) is -2.03. The van der Waals surface area contributed by atoms with Crippen LogP contribution in [0.4, 0.5) is 5.69 Å². The van der Waals surface area contributed by atoms with Crippen LogP contribution in [0.15, 0.2) is 52.3 Å². The molecule has 1 fully saturated rings. The Bertz CT molecular complexity index is 895. The molecule has 2 atom stereocenters. The third-order valence-electron chi connectivity index (χ3n) is 5.18. The van der Waals surface area contributed by atoms with Gasteiger partial charge in [-0.05, 0) is 67.9 Å². The minimum atomic E-state index is -3.56. The molecule has 0 spiro atoms. The first-order valence-corrected chi connectivity index (χ1v) is 10.1. The number of sulfone groups is 1. The number of methoxy groups -OCH3 is 1. The molecule has 2 aromatic rings. The van der Waals surface area contributed by atoms with E-state index in [4.69, 9.17) is 4.74 Å². The number of benzene rings is 2. The zero-order chi connectivity index (χ0) is 17.4. The first-order chi connectivity index (χ1) is 12.1. The summed E-state index contributed by atoms with van der Waals surface area (Å²) in [6.45, 7) is 1.96. The Labute approximate surface area is 148 Å². The van der Waals surface area contributed by atoms with E-state index in [1.165, 1.54) is 7.11 Å². The molecular formula is C19H22N2O3S. The van der Waals surface area contributed by atoms with Crippen LogP contribution in [0, 0.1) is 0 Å². The van der Waals surface area contributed by atoms with Crippen molar-refractivity contribution in [2.45, 2.75) is 34.6 Å². The summed E-state index contributed by atoms with van der Waals surface area (Å²) in [5.41, 5.74) is 2.19. The molecule has 132 valence electrons. The van der Waals surface area contributed by atoms with Gasteiger partial charge in [-0.2, -0.15) is 0 Å². The summed E-state index contributed by atoms with van der Waals surface area (Å²) < 4.78 is 31.2. The Balaban J connectivity index is 1.73. The highest BCUT2D eigenvalue weighted by Crippen LogP contribution is 2.41. The third kappa shape index (κ3) is 2.89. The summed E-state index contributed by atoms with van der Waals surface area (Å²) in [5.74, 6) is 0.907. The van der Waals surface area contributed by atoms with Crippen molar-refractivity contribution in [3.63, 3.8) is 0 Å². The largest absolute Gasteiger partial charge is 0.497 e. The third-order valence-corrected chi connectivity index (χ3v) is 6.92. The monoisotopic (exact) mass is 358 g/mol. The minimum absolute atomic E-state index is 0.261. The molecule has 0 saturated carbocycles. The molecule has 25 heavy (non-hydrogen) atoms. The lowest BCUT2D eigenvalue weighted by Crippen LogP contribution is -2.21. The van der Waals surface area contributed by atoms with Gasteiger partial charge >= 0.3 is 0 Å². The summed E-state index contributed by atoms with van der Waals surface area (Å²) >= 11 is 0. The second kappa shape index (κ2) is 6.35. The number of anilines is 1. The number of hydrogen-bond acceptors (Lipinski definition) is 5. The quantitative estimate of drug-likeness (QED) is 0.883. The van der Waals surface area contributed by atoms with Crippen LogP contribution >= 0.6 is 0 Å². The topological polar surface area (TPSA) is 67.4 Å². The molecule has 5 nitrogen and oxygen atoms in total. The summed E-state index contributed by atoms with van der Waals surface area (Å²) in [5, 5.41) is 6.98. The van der Waals surface area contributed by atoms with Gasteiger partial charge in [0.05, 0.1) is 16.9 Å². The molecule has 6 heteroatoms. The predicted octanol–water partition coefficient (Wildman–Crippen LogP) is 2.79. The molecule has 2 aliphatic rings. The Hall–Kier alpha value is -2.05. The van der Waals surface area contributed by atoms with Crippen LogP contribution in [0.5, 0.6) is 5.75 Å². The van der Waals surface area contributed by atoms with Crippen molar-refractivity contribution in [3.05, 3.63) is 48.0 Å². The maximum atomic E-state index is 13.0. The molecule has 0 unspecified atom stereocenters. The highest BCUT2D eigenvalue weighted by atomic mass is 32.2. The van der Waals surface area contributed by atoms with E-state index in [2.05, 4.69) is 10.6 Å². The molecule has 0 aromatic heterocycles. The second-order valence-corrected chi connectivity index (χ2v) is 8.57. The standard InChI is InChI=1S/C19H22N2O3S/c1-24-13-3-2-4-14(11-13)25(22,23)15-5-6-18-17(12-15)16-7-9-20-10-8-19(16)21-18/h2-6,11-12,16,19-21H,7-10H2,1H3/t16-,19-/m0/s1. The fraction of sp³-hybridized carbons (Fsp3) is 0.368. The average Bonchev–Trinajstić information content (AvgIpc) is 2.81. The van der Waals surface area contributed by atoms with E-state index in [-0.39, 0.29) is 4.90 Å². The van der Waals surface area contributed by atoms with Gasteiger partial charge in [0.1, 0.15) is 5.75 Å². The van der Waals surface area contributed by atoms with Gasteiger partial charge in [-0.3, -0.25) is 0 Å². The molecule has 2 aromatic carbocycles. The molecule has 2 aliphatic heterocycles. The van der Waals surface area contributed by atoms with E-state index in [0.717, 1.165) is 37.2 Å². The predicted molar refractivity (Wildman–Crippen MR) is 97.1 cm³/mol. The van der Waals surface area contributed by atoms with Gasteiger partial charge in [0.15, 0.2) is 0 Å². The highest BCUT2D eigenvalue weighted by Gasteiger charge is 2.34. The molecule has 1 saturated heterocycles. The summed E-state index contributed by atoms with van der Waals surface area (Å²) in [4.78, 5) is 0.607. The lowest BCUT2D eigenvalue weighted by molar-refractivity contribution is 0.413. The van der Waals surface area contributed by atoms with E-state index in [0.29, 0.717) is 22.6 Å². The van der Waals surface area contributed by atoms with Gasteiger partial charge in [0, 0.05) is 17.6 Å².